The molecule has 0 unspecified atom stereocenters. The predicted octanol–water partition coefficient (Wildman–Crippen LogP) is -1.75. The second kappa shape index (κ2) is 16.7. The van der Waals surface area contributed by atoms with Crippen LogP contribution in [-0.2, 0) is 4.57 Å². The van der Waals surface area contributed by atoms with Gasteiger partial charge < -0.3 is 19.8 Å². The van der Waals surface area contributed by atoms with E-state index in [0.717, 1.165) is 0 Å². The molecule has 0 atom stereocenters. The second-order valence-electron chi connectivity index (χ2n) is 1.59. The van der Waals surface area contributed by atoms with E-state index in [1.807, 2.05) is 0 Å². The molecule has 0 rings (SSSR count). The van der Waals surface area contributed by atoms with E-state index >= 15 is 0 Å². The predicted molar refractivity (Wildman–Crippen MR) is 43.1 cm³/mol. The van der Waals surface area contributed by atoms with Crippen molar-refractivity contribution in [1.82, 2.24) is 0 Å². The largest absolute Gasteiger partial charge is 2.00 e. The Labute approximate surface area is 79.2 Å². The Hall–Kier alpha value is 1.31. The molecule has 10 heavy (non-hydrogen) atoms. The molecule has 0 aromatic rings. The van der Waals surface area contributed by atoms with Gasteiger partial charge in [-0.2, -0.15) is 0 Å². The van der Waals surface area contributed by atoms with Crippen LogP contribution in [0.25, 0.3) is 0 Å². The van der Waals surface area contributed by atoms with Crippen molar-refractivity contribution >= 4 is 39.2 Å². The standard InChI is InChI=1S/C3H9P.Mg.H3O3P.H2O/c1-4(2)3;;1-4(2)3;/h1-3H3;;4H,(H2,1,2,3);1H2/q;+2;;/p-2. The second-order valence-corrected chi connectivity index (χ2v) is 4.77. The van der Waals surface area contributed by atoms with E-state index in [1.165, 1.54) is 0 Å². The number of rotatable bonds is 0. The van der Waals surface area contributed by atoms with Gasteiger partial charge in [0.2, 0.25) is 0 Å². The van der Waals surface area contributed by atoms with Crippen LogP contribution in [0, 0.1) is 0 Å². The van der Waals surface area contributed by atoms with Gasteiger partial charge in [0.15, 0.2) is 0 Å². The van der Waals surface area contributed by atoms with Gasteiger partial charge in [0.05, 0.1) is 0 Å². The molecule has 0 bridgehead atoms. The van der Waals surface area contributed by atoms with E-state index in [2.05, 4.69) is 20.0 Å². The Morgan fingerprint density at radius 3 is 1.20 bits per heavy atom. The first-order valence-corrected chi connectivity index (χ1v) is 5.86. The molecule has 7 heteroatoms. The number of hydrogen-bond acceptors (Lipinski definition) is 3. The van der Waals surface area contributed by atoms with E-state index in [9.17, 15) is 0 Å². The summed E-state index contributed by atoms with van der Waals surface area (Å²) < 4.78 is 8.52. The Bertz CT molecular complexity index is 62.8. The fourth-order valence-corrected chi connectivity index (χ4v) is 0. The quantitative estimate of drug-likeness (QED) is 0.341. The van der Waals surface area contributed by atoms with Crippen molar-refractivity contribution in [3.63, 3.8) is 0 Å². The van der Waals surface area contributed by atoms with Gasteiger partial charge in [0.25, 0.3) is 0 Å². The average Bonchev–Trinajstić information content (AvgIpc) is 1.25. The molecule has 0 heterocycles. The van der Waals surface area contributed by atoms with E-state index in [-0.39, 0.29) is 28.5 Å². The third-order valence-electron chi connectivity index (χ3n) is 0. The summed E-state index contributed by atoms with van der Waals surface area (Å²) in [5.41, 5.74) is 0. The minimum absolute atomic E-state index is 0. The van der Waals surface area contributed by atoms with Crippen molar-refractivity contribution in [3.05, 3.63) is 0 Å². The van der Waals surface area contributed by atoms with Crippen molar-refractivity contribution in [3.8, 4) is 0 Å². The molecular weight excluding hydrogens is 186 g/mol. The average molecular weight is 198 g/mol. The summed E-state index contributed by atoms with van der Waals surface area (Å²) in [5.74, 6) is 0. The van der Waals surface area contributed by atoms with Gasteiger partial charge >= 0.3 is 23.1 Å². The van der Waals surface area contributed by atoms with E-state index in [1.54, 1.807) is 0 Å². The van der Waals surface area contributed by atoms with Gasteiger partial charge in [-0.1, -0.05) is 8.25 Å². The van der Waals surface area contributed by atoms with E-state index in [4.69, 9.17) is 14.4 Å². The molecule has 0 radical (unpaired) electrons. The molecule has 2 N–H and O–H groups in total. The Morgan fingerprint density at radius 2 is 1.20 bits per heavy atom. The van der Waals surface area contributed by atoms with Crippen molar-refractivity contribution in [1.29, 1.82) is 0 Å². The van der Waals surface area contributed by atoms with Gasteiger partial charge in [-0.05, 0) is 20.0 Å². The molecule has 0 aromatic heterocycles. The summed E-state index contributed by atoms with van der Waals surface area (Å²) in [7, 11) is -3.25. The molecule has 0 aliphatic rings. The van der Waals surface area contributed by atoms with Gasteiger partial charge in [-0.25, -0.2) is 0 Å². The third kappa shape index (κ3) is 376. The van der Waals surface area contributed by atoms with Crippen LogP contribution in [0.2, 0.25) is 0 Å². The fourth-order valence-electron chi connectivity index (χ4n) is 0. The van der Waals surface area contributed by atoms with Crippen molar-refractivity contribution in [2.45, 2.75) is 0 Å². The maximum absolute atomic E-state index is 8.52. The molecule has 4 nitrogen and oxygen atoms in total. The molecule has 0 amide bonds. The minimum Gasteiger partial charge on any atom is -0.813 e. The molecule has 60 valence electrons. The monoisotopic (exact) mass is 198 g/mol. The molecule has 0 spiro atoms. The zero-order valence-corrected chi connectivity index (χ0v) is 9.69. The molecule has 0 saturated heterocycles. The van der Waals surface area contributed by atoms with Gasteiger partial charge in [0, 0.05) is 0 Å². The minimum atomic E-state index is -3.63. The van der Waals surface area contributed by atoms with Crippen LogP contribution >= 0.6 is 16.2 Å². The van der Waals surface area contributed by atoms with Crippen LogP contribution in [0.15, 0.2) is 0 Å². The normalized spacial score (nSPS) is 7.10. The summed E-state index contributed by atoms with van der Waals surface area (Å²) in [6.45, 7) is 6.69. The summed E-state index contributed by atoms with van der Waals surface area (Å²) in [4.78, 5) is 17.0. The maximum atomic E-state index is 8.52. The third-order valence-corrected chi connectivity index (χ3v) is 0. The molecule has 0 aliphatic heterocycles. The Balaban J connectivity index is -0.0000000300. The Kier molecular flexibility index (Phi) is 37.6. The number of hydrogen-bond donors (Lipinski definition) is 0. The first kappa shape index (κ1) is 22.5. The first-order valence-electron chi connectivity index (χ1n) is 1.95. The summed E-state index contributed by atoms with van der Waals surface area (Å²) in [5, 5.41) is 0. The summed E-state index contributed by atoms with van der Waals surface area (Å²) >= 11 is 0. The first-order chi connectivity index (χ1) is 3.46. The zero-order chi connectivity index (χ0) is 7.15. The Morgan fingerprint density at radius 1 is 1.20 bits per heavy atom. The smallest absolute Gasteiger partial charge is 0.813 e. The van der Waals surface area contributed by atoms with Crippen LogP contribution in [-0.4, -0.2) is 48.5 Å². The molecule has 0 fully saturated rings. The van der Waals surface area contributed by atoms with Gasteiger partial charge in [-0.3, -0.25) is 0 Å². The van der Waals surface area contributed by atoms with E-state index in [0.29, 0.717) is 7.92 Å². The van der Waals surface area contributed by atoms with Crippen LogP contribution < -0.4 is 9.79 Å². The van der Waals surface area contributed by atoms with Gasteiger partial charge in [-0.15, -0.1) is 7.92 Å². The van der Waals surface area contributed by atoms with Gasteiger partial charge in [0.1, 0.15) is 0 Å². The summed E-state index contributed by atoms with van der Waals surface area (Å²) in [6.07, 6.45) is 0. The summed E-state index contributed by atoms with van der Waals surface area (Å²) in [6, 6.07) is 0. The van der Waals surface area contributed by atoms with Crippen LogP contribution in [0.4, 0.5) is 0 Å². The maximum Gasteiger partial charge on any atom is 2.00 e. The van der Waals surface area contributed by atoms with Crippen LogP contribution in [0.1, 0.15) is 0 Å². The zero-order valence-electron chi connectivity index (χ0n) is 6.38. The van der Waals surface area contributed by atoms with Crippen molar-refractivity contribution < 1.29 is 19.8 Å². The van der Waals surface area contributed by atoms with Crippen LogP contribution in [0.3, 0.4) is 0 Å². The molecular formula is C3H12MgO4P2. The topological polar surface area (TPSA) is 94.7 Å². The van der Waals surface area contributed by atoms with Crippen molar-refractivity contribution in [2.24, 2.45) is 0 Å². The van der Waals surface area contributed by atoms with E-state index < -0.39 is 8.25 Å². The molecule has 0 aromatic carbocycles. The molecule has 0 saturated carbocycles. The van der Waals surface area contributed by atoms with Crippen LogP contribution in [0.5, 0.6) is 0 Å². The van der Waals surface area contributed by atoms with Crippen molar-refractivity contribution in [2.75, 3.05) is 20.0 Å². The fraction of sp³-hybridized carbons (Fsp3) is 1.00. The molecule has 0 aliphatic carbocycles. The SMILES string of the molecule is CP(C)C.O.O=[PH]([O-])[O-].[Mg+2].